The first-order chi connectivity index (χ1) is 6.35. The van der Waals surface area contributed by atoms with Crippen LogP contribution in [0.1, 0.15) is 65.2 Å². The summed E-state index contributed by atoms with van der Waals surface area (Å²) >= 11 is 0. The van der Waals surface area contributed by atoms with Crippen molar-refractivity contribution in [2.24, 2.45) is 5.92 Å². The normalized spacial score (nSPS) is 12.8. The highest BCUT2D eigenvalue weighted by Gasteiger charge is 2.03. The molecule has 1 heteroatoms. The van der Waals surface area contributed by atoms with Crippen molar-refractivity contribution in [2.45, 2.75) is 65.2 Å². The summed E-state index contributed by atoms with van der Waals surface area (Å²) in [6.45, 7) is 4.29. The molecule has 0 N–H and O–H groups in total. The molecule has 0 saturated heterocycles. The van der Waals surface area contributed by atoms with Crippen molar-refractivity contribution in [1.29, 1.82) is 0 Å². The second kappa shape index (κ2) is 9.76. The molecule has 0 spiro atoms. The Morgan fingerprint density at radius 2 is 1.62 bits per heavy atom. The first-order valence-corrected chi connectivity index (χ1v) is 5.72. The molecule has 0 saturated carbocycles. The average molecular weight is 183 g/mol. The van der Waals surface area contributed by atoms with Crippen LogP contribution >= 0.6 is 0 Å². The smallest absolute Gasteiger partial charge is 0.201 e. The van der Waals surface area contributed by atoms with Crippen molar-refractivity contribution in [1.82, 2.24) is 0 Å². The van der Waals surface area contributed by atoms with E-state index in [1.165, 1.54) is 38.5 Å². The van der Waals surface area contributed by atoms with E-state index in [-0.39, 0.29) is 5.92 Å². The molecule has 0 aliphatic rings. The third-order valence-corrected chi connectivity index (χ3v) is 2.57. The minimum atomic E-state index is 0.200. The maximum Gasteiger partial charge on any atom is 0.201 e. The van der Waals surface area contributed by atoms with Crippen molar-refractivity contribution in [2.75, 3.05) is 0 Å². The second-order valence-corrected chi connectivity index (χ2v) is 3.78. The van der Waals surface area contributed by atoms with Gasteiger partial charge >= 0.3 is 0 Å². The number of hydrogen-bond acceptors (Lipinski definition) is 1. The second-order valence-electron chi connectivity index (χ2n) is 3.78. The quantitative estimate of drug-likeness (QED) is 0.496. The highest BCUT2D eigenvalue weighted by atomic mass is 16.1. The lowest BCUT2D eigenvalue weighted by atomic mass is 9.99. The van der Waals surface area contributed by atoms with E-state index in [9.17, 15) is 4.79 Å². The molecule has 0 bridgehead atoms. The van der Waals surface area contributed by atoms with Gasteiger partial charge in [-0.05, 0) is 12.8 Å². The number of carbonyl (C=O) groups excluding carboxylic acids is 1. The first-order valence-electron chi connectivity index (χ1n) is 5.72. The molecular formula is C12H23O. The van der Waals surface area contributed by atoms with Gasteiger partial charge in [0.05, 0.1) is 0 Å². The molecule has 0 amide bonds. The summed E-state index contributed by atoms with van der Waals surface area (Å²) in [5.41, 5.74) is 0. The summed E-state index contributed by atoms with van der Waals surface area (Å²) in [6, 6.07) is 0. The van der Waals surface area contributed by atoms with E-state index in [2.05, 4.69) is 20.1 Å². The minimum Gasteiger partial charge on any atom is -0.291 e. The van der Waals surface area contributed by atoms with Crippen LogP contribution in [0, 0.1) is 5.92 Å². The Kier molecular flexibility index (Phi) is 9.51. The van der Waals surface area contributed by atoms with Gasteiger partial charge in [0.15, 0.2) is 0 Å². The Bertz CT molecular complexity index is 110. The number of hydrogen-bond donors (Lipinski definition) is 0. The average Bonchev–Trinajstić information content (AvgIpc) is 2.17. The van der Waals surface area contributed by atoms with Gasteiger partial charge in [0.25, 0.3) is 0 Å². The summed E-state index contributed by atoms with van der Waals surface area (Å²) < 4.78 is 0. The van der Waals surface area contributed by atoms with Crippen LogP contribution in [0.4, 0.5) is 0 Å². The van der Waals surface area contributed by atoms with Gasteiger partial charge < -0.3 is 0 Å². The molecule has 1 atom stereocenters. The summed E-state index contributed by atoms with van der Waals surface area (Å²) in [5, 5.41) is 0. The van der Waals surface area contributed by atoms with Gasteiger partial charge in [-0.3, -0.25) is 4.79 Å². The van der Waals surface area contributed by atoms with Crippen molar-refractivity contribution >= 4 is 6.29 Å². The lowest BCUT2D eigenvalue weighted by Gasteiger charge is -2.05. The lowest BCUT2D eigenvalue weighted by Crippen LogP contribution is -1.99. The van der Waals surface area contributed by atoms with Crippen LogP contribution in [0.5, 0.6) is 0 Å². The van der Waals surface area contributed by atoms with Crippen molar-refractivity contribution in [3.8, 4) is 0 Å². The van der Waals surface area contributed by atoms with Gasteiger partial charge in [-0.25, -0.2) is 0 Å². The van der Waals surface area contributed by atoms with Gasteiger partial charge in [0.2, 0.25) is 6.29 Å². The Hall–Kier alpha value is -0.330. The van der Waals surface area contributed by atoms with Gasteiger partial charge in [-0.1, -0.05) is 52.4 Å². The SMILES string of the molecule is CCCCCCCCC([C]=O)CC. The lowest BCUT2D eigenvalue weighted by molar-refractivity contribution is 0.478. The standard InChI is InChI=1S/C12H23O/c1-3-5-6-7-8-9-10-12(4-2)11-13/h12H,3-10H2,1-2H3. The van der Waals surface area contributed by atoms with Gasteiger partial charge in [0, 0.05) is 5.92 Å². The number of rotatable bonds is 9. The van der Waals surface area contributed by atoms with Gasteiger partial charge in [-0.15, -0.1) is 0 Å². The fourth-order valence-electron chi connectivity index (χ4n) is 1.52. The molecule has 0 aliphatic heterocycles. The molecule has 0 fully saturated rings. The molecule has 0 aromatic heterocycles. The van der Waals surface area contributed by atoms with Crippen molar-refractivity contribution in [3.05, 3.63) is 0 Å². The first kappa shape index (κ1) is 12.7. The van der Waals surface area contributed by atoms with E-state index in [1.807, 2.05) is 0 Å². The van der Waals surface area contributed by atoms with Gasteiger partial charge in [0.1, 0.15) is 0 Å². The van der Waals surface area contributed by atoms with Crippen molar-refractivity contribution < 1.29 is 4.79 Å². The Labute approximate surface area is 82.9 Å². The molecule has 1 unspecified atom stereocenters. The van der Waals surface area contributed by atoms with E-state index >= 15 is 0 Å². The fraction of sp³-hybridized carbons (Fsp3) is 0.917. The molecule has 0 rings (SSSR count). The van der Waals surface area contributed by atoms with Crippen LogP contribution in [-0.2, 0) is 4.79 Å². The zero-order chi connectivity index (χ0) is 9.94. The molecule has 0 aromatic carbocycles. The summed E-state index contributed by atoms with van der Waals surface area (Å²) in [5.74, 6) is 0.200. The van der Waals surface area contributed by atoms with Gasteiger partial charge in [-0.2, -0.15) is 0 Å². The Balaban J connectivity index is 3.10. The predicted octanol–water partition coefficient (Wildman–Crippen LogP) is 3.87. The molecule has 77 valence electrons. The van der Waals surface area contributed by atoms with E-state index < -0.39 is 0 Å². The summed E-state index contributed by atoms with van der Waals surface area (Å²) in [7, 11) is 0. The van der Waals surface area contributed by atoms with Crippen LogP contribution in [0.25, 0.3) is 0 Å². The molecule has 0 aromatic rings. The molecule has 0 heterocycles. The summed E-state index contributed by atoms with van der Waals surface area (Å²) in [4.78, 5) is 10.4. The van der Waals surface area contributed by atoms with Crippen LogP contribution in [-0.4, -0.2) is 6.29 Å². The predicted molar refractivity (Wildman–Crippen MR) is 57.5 cm³/mol. The van der Waals surface area contributed by atoms with Crippen LogP contribution in [0.15, 0.2) is 0 Å². The molecule has 13 heavy (non-hydrogen) atoms. The molecule has 1 nitrogen and oxygen atoms in total. The highest BCUT2D eigenvalue weighted by Crippen LogP contribution is 2.12. The fourth-order valence-corrected chi connectivity index (χ4v) is 1.52. The van der Waals surface area contributed by atoms with Crippen LogP contribution in [0.3, 0.4) is 0 Å². The van der Waals surface area contributed by atoms with Crippen LogP contribution < -0.4 is 0 Å². The molecular weight excluding hydrogens is 160 g/mol. The Morgan fingerprint density at radius 1 is 1.00 bits per heavy atom. The van der Waals surface area contributed by atoms with E-state index in [0.717, 1.165) is 12.8 Å². The largest absolute Gasteiger partial charge is 0.291 e. The zero-order valence-electron chi connectivity index (χ0n) is 9.14. The highest BCUT2D eigenvalue weighted by molar-refractivity contribution is 5.54. The van der Waals surface area contributed by atoms with E-state index in [4.69, 9.17) is 0 Å². The van der Waals surface area contributed by atoms with E-state index in [0.29, 0.717) is 0 Å². The summed E-state index contributed by atoms with van der Waals surface area (Å²) in [6.07, 6.45) is 12.0. The topological polar surface area (TPSA) is 17.1 Å². The third kappa shape index (κ3) is 8.01. The minimum absolute atomic E-state index is 0.200. The van der Waals surface area contributed by atoms with E-state index in [1.54, 1.807) is 0 Å². The maximum atomic E-state index is 10.4. The zero-order valence-corrected chi connectivity index (χ0v) is 9.14. The number of unbranched alkanes of at least 4 members (excludes halogenated alkanes) is 5. The third-order valence-electron chi connectivity index (χ3n) is 2.57. The van der Waals surface area contributed by atoms with Crippen molar-refractivity contribution in [3.63, 3.8) is 0 Å². The maximum absolute atomic E-state index is 10.4. The molecule has 1 radical (unpaired) electrons. The Morgan fingerprint density at radius 3 is 2.15 bits per heavy atom. The monoisotopic (exact) mass is 183 g/mol. The molecule has 0 aliphatic carbocycles. The van der Waals surface area contributed by atoms with Crippen LogP contribution in [0.2, 0.25) is 0 Å².